The van der Waals surface area contributed by atoms with Crippen LogP contribution in [0.5, 0.6) is 0 Å². The molecule has 0 fully saturated rings. The largest absolute Gasteiger partial charge is 0.324 e. The van der Waals surface area contributed by atoms with Gasteiger partial charge < -0.3 is 9.88 Å². The fourth-order valence-corrected chi connectivity index (χ4v) is 4.55. The number of benzene rings is 1. The van der Waals surface area contributed by atoms with Crippen LogP contribution < -0.4 is 10.6 Å². The van der Waals surface area contributed by atoms with Gasteiger partial charge in [-0.1, -0.05) is 32.0 Å². The van der Waals surface area contributed by atoms with Crippen LogP contribution in [0.2, 0.25) is 0 Å². The second-order valence-electron chi connectivity index (χ2n) is 9.43. The summed E-state index contributed by atoms with van der Waals surface area (Å²) in [6.45, 7) is 9.29. The number of anilines is 2. The molecule has 3 aromatic rings. The van der Waals surface area contributed by atoms with E-state index in [1.165, 1.54) is 11.5 Å². The van der Waals surface area contributed by atoms with Crippen molar-refractivity contribution in [1.82, 2.24) is 19.7 Å². The Kier molecular flexibility index (Phi) is 7.05. The molecule has 177 valence electrons. The summed E-state index contributed by atoms with van der Waals surface area (Å²) >= 11 is 0. The number of aliphatic imine (C=N–C) groups is 1. The minimum absolute atomic E-state index is 0.0248. The molecule has 4 rings (SSSR count). The molecule has 1 aliphatic rings. The third kappa shape index (κ3) is 5.32. The molecule has 2 N–H and O–H groups in total. The molecule has 1 unspecified atom stereocenters. The first-order valence-corrected chi connectivity index (χ1v) is 11.7. The van der Waals surface area contributed by atoms with Crippen molar-refractivity contribution < 1.29 is 4.79 Å². The normalized spacial score (nSPS) is 17.8. The van der Waals surface area contributed by atoms with Crippen molar-refractivity contribution in [3.63, 3.8) is 0 Å². The first-order valence-electron chi connectivity index (χ1n) is 11.7. The molecular weight excluding hydrogens is 426 g/mol. The van der Waals surface area contributed by atoms with E-state index in [1.54, 1.807) is 12.4 Å². The fraction of sp³-hybridized carbons (Fsp3) is 0.385. The molecule has 2 amide bonds. The van der Waals surface area contributed by atoms with Crippen molar-refractivity contribution in [3.8, 4) is 11.5 Å². The molecule has 8 heteroatoms. The molecule has 3 heterocycles. The molecule has 1 aromatic carbocycles. The van der Waals surface area contributed by atoms with Gasteiger partial charge in [-0.2, -0.15) is 0 Å². The minimum Gasteiger partial charge on any atom is -0.310 e. The van der Waals surface area contributed by atoms with Crippen LogP contribution in [-0.4, -0.2) is 38.5 Å². The summed E-state index contributed by atoms with van der Waals surface area (Å²) in [6.07, 6.45) is 6.64. The average Bonchev–Trinajstić information content (AvgIpc) is 3.30. The van der Waals surface area contributed by atoms with Crippen LogP contribution in [0.25, 0.3) is 11.5 Å². The van der Waals surface area contributed by atoms with Crippen molar-refractivity contribution in [2.24, 2.45) is 4.99 Å². The number of urea groups is 1. The van der Waals surface area contributed by atoms with E-state index < -0.39 is 0 Å². The second-order valence-corrected chi connectivity index (χ2v) is 9.43. The Labute approximate surface area is 200 Å². The Hall–Kier alpha value is -3.55. The third-order valence-corrected chi connectivity index (χ3v) is 6.10. The number of carbonyl (C=O) groups excluding carboxylic acids is 1. The predicted molar refractivity (Wildman–Crippen MR) is 136 cm³/mol. The zero-order chi connectivity index (χ0) is 24.1. The second kappa shape index (κ2) is 10.2. The monoisotopic (exact) mass is 458 g/mol. The summed E-state index contributed by atoms with van der Waals surface area (Å²) in [5.74, 6) is 2.50. The first kappa shape index (κ1) is 23.6. The number of nitrogens with zero attached hydrogens (tertiary/aromatic N) is 5. The highest BCUT2D eigenvalue weighted by molar-refractivity contribution is 5.99. The maximum absolute atomic E-state index is 12.8. The number of rotatable bonds is 7. The summed E-state index contributed by atoms with van der Waals surface area (Å²) in [6, 6.07) is 13.5. The Morgan fingerprint density at radius 1 is 1.15 bits per heavy atom. The average molecular weight is 459 g/mol. The molecule has 8 nitrogen and oxygen atoms in total. The van der Waals surface area contributed by atoms with Gasteiger partial charge in [0, 0.05) is 23.7 Å². The van der Waals surface area contributed by atoms with E-state index >= 15 is 0 Å². The number of amides is 2. The quantitative estimate of drug-likeness (QED) is 0.476. The van der Waals surface area contributed by atoms with E-state index in [1.807, 2.05) is 35.0 Å². The minimum atomic E-state index is -0.343. The maximum Gasteiger partial charge on any atom is 0.324 e. The molecule has 0 bridgehead atoms. The van der Waals surface area contributed by atoms with Crippen LogP contribution in [0.3, 0.4) is 0 Å². The molecule has 1 radical (unpaired) electrons. The smallest absolute Gasteiger partial charge is 0.310 e. The Morgan fingerprint density at radius 3 is 2.71 bits per heavy atom. The van der Waals surface area contributed by atoms with Gasteiger partial charge in [-0.25, -0.2) is 9.78 Å². The lowest BCUT2D eigenvalue weighted by atomic mass is 9.69. The highest BCUT2D eigenvalue weighted by Gasteiger charge is 2.33. The highest BCUT2D eigenvalue weighted by Crippen LogP contribution is 2.40. The van der Waals surface area contributed by atoms with Gasteiger partial charge in [0.15, 0.2) is 5.82 Å². The topological polar surface area (TPSA) is 97.1 Å². The Morgan fingerprint density at radius 2 is 1.97 bits per heavy atom. The zero-order valence-electron chi connectivity index (χ0n) is 20.2. The van der Waals surface area contributed by atoms with Crippen molar-refractivity contribution in [2.45, 2.75) is 58.4 Å². The molecular formula is C26H32N7O. The molecule has 0 saturated carbocycles. The molecule has 1 atom stereocenters. The standard InChI is InChI=1S/C26H32N7O/c1-18(2)16-26(11-13-27-14-12-26)20-7-5-8-21(15-20)29-25(34)31-23-10-6-9-22(30-23)24-32-28-17-33(24)19(3)4/h5-10,13,15,17,19H,11-12,14,16H2,1-4H3,(H2,29,30,31,34). The number of hydrogen-bond donors (Lipinski definition) is 2. The highest BCUT2D eigenvalue weighted by atomic mass is 16.2. The lowest BCUT2D eigenvalue weighted by molar-refractivity contribution is 0.262. The molecule has 34 heavy (non-hydrogen) atoms. The van der Waals surface area contributed by atoms with Gasteiger partial charge in [-0.15, -0.1) is 10.2 Å². The first-order chi connectivity index (χ1) is 16.4. The van der Waals surface area contributed by atoms with Gasteiger partial charge in [0.1, 0.15) is 17.8 Å². The maximum atomic E-state index is 12.8. The Balaban J connectivity index is 1.49. The van der Waals surface area contributed by atoms with Crippen molar-refractivity contribution in [2.75, 3.05) is 17.2 Å². The summed E-state index contributed by atoms with van der Waals surface area (Å²) in [5, 5.41) is 14.0. The fourth-order valence-electron chi connectivity index (χ4n) is 4.55. The van der Waals surface area contributed by atoms with Crippen LogP contribution in [-0.2, 0) is 5.41 Å². The van der Waals surface area contributed by atoms with Crippen molar-refractivity contribution >= 4 is 23.8 Å². The summed E-state index contributed by atoms with van der Waals surface area (Å²) < 4.78 is 1.94. The van der Waals surface area contributed by atoms with Crippen molar-refractivity contribution in [3.05, 3.63) is 60.3 Å². The van der Waals surface area contributed by atoms with Crippen LogP contribution in [0, 0.1) is 5.92 Å². The summed E-state index contributed by atoms with van der Waals surface area (Å²) in [4.78, 5) is 21.8. The lowest BCUT2D eigenvalue weighted by Crippen LogP contribution is -2.32. The molecule has 0 spiro atoms. The van der Waals surface area contributed by atoms with E-state index in [2.05, 4.69) is 70.6 Å². The van der Waals surface area contributed by atoms with Gasteiger partial charge in [0.25, 0.3) is 0 Å². The lowest BCUT2D eigenvalue weighted by Gasteiger charge is -2.37. The van der Waals surface area contributed by atoms with E-state index in [-0.39, 0.29) is 17.5 Å². The summed E-state index contributed by atoms with van der Waals surface area (Å²) in [5.41, 5.74) is 2.65. The van der Waals surface area contributed by atoms with Crippen molar-refractivity contribution in [1.29, 1.82) is 0 Å². The number of aromatic nitrogens is 4. The van der Waals surface area contributed by atoms with E-state index in [0.717, 1.165) is 31.5 Å². The third-order valence-electron chi connectivity index (χ3n) is 6.10. The van der Waals surface area contributed by atoms with Gasteiger partial charge in [-0.3, -0.25) is 10.3 Å². The van der Waals surface area contributed by atoms with Gasteiger partial charge in [-0.05, 0) is 75.1 Å². The number of hydrogen-bond acceptors (Lipinski definition) is 5. The molecule has 0 saturated heterocycles. The van der Waals surface area contributed by atoms with Crippen LogP contribution in [0.1, 0.15) is 58.6 Å². The van der Waals surface area contributed by atoms with Gasteiger partial charge in [0.05, 0.1) is 0 Å². The van der Waals surface area contributed by atoms with Crippen LogP contribution in [0.15, 0.2) is 53.8 Å². The molecule has 2 aromatic heterocycles. The van der Waals surface area contributed by atoms with E-state index in [9.17, 15) is 4.79 Å². The number of carbonyl (C=O) groups is 1. The summed E-state index contributed by atoms with van der Waals surface area (Å²) in [7, 11) is 0. The zero-order valence-corrected chi connectivity index (χ0v) is 20.2. The number of pyridine rings is 1. The van der Waals surface area contributed by atoms with Gasteiger partial charge in [0.2, 0.25) is 0 Å². The van der Waals surface area contributed by atoms with E-state index in [0.29, 0.717) is 17.3 Å². The molecule has 1 aliphatic heterocycles. The Bertz CT molecular complexity index is 1170. The predicted octanol–water partition coefficient (Wildman–Crippen LogP) is 5.67. The molecule has 0 aliphatic carbocycles. The van der Waals surface area contributed by atoms with Gasteiger partial charge >= 0.3 is 6.03 Å². The number of nitrogens with one attached hydrogen (secondary N) is 2. The van der Waals surface area contributed by atoms with Crippen LogP contribution >= 0.6 is 0 Å². The van der Waals surface area contributed by atoms with Crippen LogP contribution in [0.4, 0.5) is 16.3 Å². The SMILES string of the molecule is C[C](C)CC1(c2cccc(NC(=O)Nc3cccc(-c4nncn4C(C)C)n3)c2)CC=NCC1. The van der Waals surface area contributed by atoms with E-state index in [4.69, 9.17) is 0 Å².